The highest BCUT2D eigenvalue weighted by atomic mass is 79.9. The Bertz CT molecular complexity index is 936. The summed E-state index contributed by atoms with van der Waals surface area (Å²) in [6.45, 7) is 3.32. The Hall–Kier alpha value is -1.80. The minimum absolute atomic E-state index is 0.154. The molecule has 1 N–H and O–H groups in total. The summed E-state index contributed by atoms with van der Waals surface area (Å²) < 4.78 is 53.6. The van der Waals surface area contributed by atoms with Gasteiger partial charge in [-0.3, -0.25) is 4.79 Å². The topological polar surface area (TPSA) is 63.2 Å². The van der Waals surface area contributed by atoms with Crippen molar-refractivity contribution in [2.45, 2.75) is 43.3 Å². The monoisotopic (exact) mass is 473 g/mol. The molecule has 0 bridgehead atoms. The van der Waals surface area contributed by atoms with Crippen LogP contribution in [0.5, 0.6) is 0 Å². The minimum atomic E-state index is -4.21. The van der Waals surface area contributed by atoms with Crippen LogP contribution in [-0.4, -0.2) is 19.6 Å². The van der Waals surface area contributed by atoms with E-state index in [-0.39, 0.29) is 4.47 Å². The second-order valence-electron chi connectivity index (χ2n) is 6.55. The van der Waals surface area contributed by atoms with Crippen molar-refractivity contribution in [3.05, 3.63) is 58.6 Å². The van der Waals surface area contributed by atoms with Crippen molar-refractivity contribution in [2.24, 2.45) is 5.92 Å². The van der Waals surface area contributed by atoms with Gasteiger partial charge >= 0.3 is 0 Å². The number of rotatable bonds is 8. The molecule has 2 aromatic rings. The number of hydrogen-bond acceptors (Lipinski definition) is 3. The number of benzene rings is 2. The average Bonchev–Trinajstić information content (AvgIpc) is 2.65. The van der Waals surface area contributed by atoms with Crippen LogP contribution in [0, 0.1) is 17.6 Å². The standard InChI is InChI=1S/C20H22BrF2NO3S/c1-3-4-10-15(20(25)24-14-8-6-5-7-9-14)13(2)28(26,27)19-11-16(21)17(22)12-18(19)23/h5-9,11-13,15H,3-4,10H2,1-2H3,(H,24,25)/t13?,15-/m0/s1. The Morgan fingerprint density at radius 3 is 2.39 bits per heavy atom. The van der Waals surface area contributed by atoms with Crippen LogP contribution in [0.25, 0.3) is 0 Å². The molecule has 0 heterocycles. The number of amides is 1. The molecule has 1 amide bonds. The fourth-order valence-corrected chi connectivity index (χ4v) is 5.10. The van der Waals surface area contributed by atoms with Gasteiger partial charge in [0.05, 0.1) is 15.6 Å². The molecule has 0 aromatic heterocycles. The molecule has 0 fully saturated rings. The van der Waals surface area contributed by atoms with Crippen LogP contribution in [0.2, 0.25) is 0 Å². The highest BCUT2D eigenvalue weighted by Gasteiger charge is 2.37. The van der Waals surface area contributed by atoms with Gasteiger partial charge < -0.3 is 5.32 Å². The van der Waals surface area contributed by atoms with E-state index in [9.17, 15) is 22.0 Å². The number of unbranched alkanes of at least 4 members (excludes halogenated alkanes) is 1. The number of halogens is 3. The Labute approximate surface area is 172 Å². The first-order valence-corrected chi connectivity index (χ1v) is 11.3. The lowest BCUT2D eigenvalue weighted by Gasteiger charge is -2.24. The summed E-state index contributed by atoms with van der Waals surface area (Å²) in [7, 11) is -4.21. The average molecular weight is 474 g/mol. The maximum Gasteiger partial charge on any atom is 0.228 e. The van der Waals surface area contributed by atoms with Gasteiger partial charge in [0, 0.05) is 11.8 Å². The number of anilines is 1. The number of sulfone groups is 1. The molecule has 0 saturated heterocycles. The van der Waals surface area contributed by atoms with E-state index < -0.39 is 43.4 Å². The van der Waals surface area contributed by atoms with Crippen molar-refractivity contribution in [1.82, 2.24) is 0 Å². The van der Waals surface area contributed by atoms with Crippen LogP contribution in [-0.2, 0) is 14.6 Å². The molecule has 28 heavy (non-hydrogen) atoms. The summed E-state index contributed by atoms with van der Waals surface area (Å²) in [5.74, 6) is -3.40. The zero-order valence-corrected chi connectivity index (χ0v) is 18.0. The highest BCUT2D eigenvalue weighted by molar-refractivity contribution is 9.10. The molecule has 2 rings (SSSR count). The summed E-state index contributed by atoms with van der Waals surface area (Å²) in [5, 5.41) is 1.54. The van der Waals surface area contributed by atoms with Crippen LogP contribution in [0.15, 0.2) is 51.8 Å². The van der Waals surface area contributed by atoms with Gasteiger partial charge in [-0.2, -0.15) is 0 Å². The van der Waals surface area contributed by atoms with Crippen molar-refractivity contribution in [3.63, 3.8) is 0 Å². The Morgan fingerprint density at radius 2 is 1.79 bits per heavy atom. The lowest BCUT2D eigenvalue weighted by atomic mass is 9.98. The van der Waals surface area contributed by atoms with E-state index in [2.05, 4.69) is 21.2 Å². The molecule has 8 heteroatoms. The Balaban J connectivity index is 2.36. The van der Waals surface area contributed by atoms with Gasteiger partial charge in [-0.1, -0.05) is 38.0 Å². The molecule has 2 aromatic carbocycles. The van der Waals surface area contributed by atoms with Gasteiger partial charge in [-0.05, 0) is 47.5 Å². The lowest BCUT2D eigenvalue weighted by Crippen LogP contribution is -2.36. The lowest BCUT2D eigenvalue weighted by molar-refractivity contribution is -0.120. The van der Waals surface area contributed by atoms with E-state index in [4.69, 9.17) is 0 Å². The molecule has 152 valence electrons. The van der Waals surface area contributed by atoms with Crippen LogP contribution < -0.4 is 5.32 Å². The molecule has 0 spiro atoms. The third-order valence-corrected chi connectivity index (χ3v) is 7.43. The van der Waals surface area contributed by atoms with Crippen LogP contribution in [0.3, 0.4) is 0 Å². The van der Waals surface area contributed by atoms with Gasteiger partial charge in [-0.25, -0.2) is 17.2 Å². The summed E-state index contributed by atoms with van der Waals surface area (Å²) in [6.07, 6.45) is 1.75. The number of nitrogens with one attached hydrogen (secondary N) is 1. The number of hydrogen-bond donors (Lipinski definition) is 1. The Kier molecular flexibility index (Phi) is 7.71. The van der Waals surface area contributed by atoms with Crippen molar-refractivity contribution >= 4 is 37.4 Å². The number of carbonyl (C=O) groups excluding carboxylic acids is 1. The Morgan fingerprint density at radius 1 is 1.14 bits per heavy atom. The maximum absolute atomic E-state index is 14.2. The molecule has 0 aliphatic heterocycles. The summed E-state index contributed by atoms with van der Waals surface area (Å²) in [6, 6.07) is 10.1. The van der Waals surface area contributed by atoms with E-state index >= 15 is 0 Å². The second-order valence-corrected chi connectivity index (χ2v) is 9.68. The van der Waals surface area contributed by atoms with E-state index in [0.29, 0.717) is 24.6 Å². The van der Waals surface area contributed by atoms with Crippen LogP contribution in [0.1, 0.15) is 33.1 Å². The molecule has 0 radical (unpaired) electrons. The quantitative estimate of drug-likeness (QED) is 0.415. The SMILES string of the molecule is CCCC[C@H](C(=O)Nc1ccccc1)C(C)S(=O)(=O)c1cc(Br)c(F)cc1F. The van der Waals surface area contributed by atoms with E-state index in [1.54, 1.807) is 30.3 Å². The van der Waals surface area contributed by atoms with Gasteiger partial charge in [0.2, 0.25) is 5.91 Å². The van der Waals surface area contributed by atoms with Gasteiger partial charge in [0.15, 0.2) is 9.84 Å². The summed E-state index contributed by atoms with van der Waals surface area (Å²) >= 11 is 2.89. The normalized spacial score (nSPS) is 13.8. The first-order chi connectivity index (χ1) is 13.2. The van der Waals surface area contributed by atoms with Crippen LogP contribution >= 0.6 is 15.9 Å². The molecule has 0 aliphatic carbocycles. The minimum Gasteiger partial charge on any atom is -0.326 e. The molecule has 0 saturated carbocycles. The predicted molar refractivity (Wildman–Crippen MR) is 109 cm³/mol. The van der Waals surface area contributed by atoms with E-state index in [1.807, 2.05) is 6.92 Å². The zero-order valence-electron chi connectivity index (χ0n) is 15.6. The second kappa shape index (κ2) is 9.60. The maximum atomic E-state index is 14.2. The predicted octanol–water partition coefficient (Wildman–Crippen LogP) is 5.33. The third-order valence-electron chi connectivity index (χ3n) is 4.58. The highest BCUT2D eigenvalue weighted by Crippen LogP contribution is 2.30. The molecule has 4 nitrogen and oxygen atoms in total. The largest absolute Gasteiger partial charge is 0.326 e. The zero-order chi connectivity index (χ0) is 20.9. The van der Waals surface area contributed by atoms with Crippen molar-refractivity contribution in [3.8, 4) is 0 Å². The summed E-state index contributed by atoms with van der Waals surface area (Å²) in [4.78, 5) is 12.2. The van der Waals surface area contributed by atoms with Gasteiger partial charge in [-0.15, -0.1) is 0 Å². The van der Waals surface area contributed by atoms with Crippen LogP contribution in [0.4, 0.5) is 14.5 Å². The fourth-order valence-electron chi connectivity index (χ4n) is 2.90. The first-order valence-electron chi connectivity index (χ1n) is 8.92. The van der Waals surface area contributed by atoms with Crippen molar-refractivity contribution < 1.29 is 22.0 Å². The smallest absolute Gasteiger partial charge is 0.228 e. The van der Waals surface area contributed by atoms with Crippen molar-refractivity contribution in [2.75, 3.05) is 5.32 Å². The molecule has 0 aliphatic rings. The molecule has 2 atom stereocenters. The van der Waals surface area contributed by atoms with Gasteiger partial charge in [0.25, 0.3) is 0 Å². The first kappa shape index (κ1) is 22.5. The van der Waals surface area contributed by atoms with E-state index in [1.165, 1.54) is 6.92 Å². The number of para-hydroxylation sites is 1. The molecular weight excluding hydrogens is 452 g/mol. The molecular formula is C20H22BrF2NO3S. The molecule has 1 unspecified atom stereocenters. The van der Waals surface area contributed by atoms with Crippen molar-refractivity contribution in [1.29, 1.82) is 0 Å². The third kappa shape index (κ3) is 5.17. The summed E-state index contributed by atoms with van der Waals surface area (Å²) in [5.41, 5.74) is 0.550. The number of carbonyl (C=O) groups is 1. The van der Waals surface area contributed by atoms with Gasteiger partial charge in [0.1, 0.15) is 16.5 Å². The van der Waals surface area contributed by atoms with E-state index in [0.717, 1.165) is 12.5 Å². The fraction of sp³-hybridized carbons (Fsp3) is 0.350.